The fourth-order valence-electron chi connectivity index (χ4n) is 2.67. The van der Waals surface area contributed by atoms with E-state index in [1.54, 1.807) is 7.11 Å². The molecular weight excluding hydrogens is 252 g/mol. The van der Waals surface area contributed by atoms with E-state index in [1.807, 2.05) is 18.2 Å². The van der Waals surface area contributed by atoms with Gasteiger partial charge in [-0.1, -0.05) is 31.7 Å². The molecule has 2 rings (SSSR count). The molecule has 0 heterocycles. The third kappa shape index (κ3) is 3.97. The lowest BCUT2D eigenvalue weighted by molar-refractivity contribution is 0.0309. The zero-order chi connectivity index (χ0) is 14.4. The molecule has 4 nitrogen and oxygen atoms in total. The lowest BCUT2D eigenvalue weighted by Gasteiger charge is -2.16. The average molecular weight is 276 g/mol. The molecule has 1 saturated carbocycles. The molecule has 110 valence electrons. The molecule has 1 aromatic rings. The highest BCUT2D eigenvalue weighted by molar-refractivity contribution is 5.97. The van der Waals surface area contributed by atoms with Crippen molar-refractivity contribution in [2.75, 3.05) is 7.11 Å². The molecule has 0 aliphatic heterocycles. The van der Waals surface area contributed by atoms with Crippen LogP contribution in [0.3, 0.4) is 0 Å². The van der Waals surface area contributed by atoms with E-state index in [1.165, 1.54) is 38.5 Å². The number of hydrogen-bond donors (Lipinski definition) is 2. The first-order chi connectivity index (χ1) is 9.70. The Balaban J connectivity index is 1.97. The Kier molecular flexibility index (Phi) is 5.41. The van der Waals surface area contributed by atoms with E-state index < -0.39 is 0 Å². The first-order valence-electron chi connectivity index (χ1n) is 7.33. The number of ether oxygens (including phenoxy) is 2. The maximum atomic E-state index is 7.50. The lowest BCUT2D eigenvalue weighted by Crippen LogP contribution is -2.14. The smallest absolute Gasteiger partial charge is 0.130 e. The monoisotopic (exact) mass is 276 g/mol. The Morgan fingerprint density at radius 2 is 1.95 bits per heavy atom. The highest BCUT2D eigenvalue weighted by atomic mass is 16.5. The van der Waals surface area contributed by atoms with Crippen LogP contribution in [0.25, 0.3) is 0 Å². The van der Waals surface area contributed by atoms with Crippen molar-refractivity contribution >= 4 is 5.84 Å². The second-order valence-corrected chi connectivity index (χ2v) is 5.37. The largest absolute Gasteiger partial charge is 0.496 e. The minimum atomic E-state index is 0.0260. The van der Waals surface area contributed by atoms with Gasteiger partial charge >= 0.3 is 0 Å². The van der Waals surface area contributed by atoms with E-state index in [0.29, 0.717) is 24.0 Å². The lowest BCUT2D eigenvalue weighted by atomic mass is 10.1. The summed E-state index contributed by atoms with van der Waals surface area (Å²) in [6.07, 6.45) is 7.94. The second-order valence-electron chi connectivity index (χ2n) is 5.37. The van der Waals surface area contributed by atoms with Gasteiger partial charge in [-0.05, 0) is 30.5 Å². The van der Waals surface area contributed by atoms with Gasteiger partial charge < -0.3 is 15.2 Å². The quantitative estimate of drug-likeness (QED) is 0.493. The van der Waals surface area contributed by atoms with Crippen molar-refractivity contribution in [1.29, 1.82) is 5.41 Å². The summed E-state index contributed by atoms with van der Waals surface area (Å²) in [6.45, 7) is 0.596. The summed E-state index contributed by atoms with van der Waals surface area (Å²) in [5, 5.41) is 7.50. The van der Waals surface area contributed by atoms with E-state index in [-0.39, 0.29) is 5.84 Å². The molecule has 0 amide bonds. The van der Waals surface area contributed by atoms with E-state index >= 15 is 0 Å². The molecule has 0 saturated heterocycles. The van der Waals surface area contributed by atoms with Gasteiger partial charge in [0.15, 0.2) is 0 Å². The Morgan fingerprint density at radius 3 is 2.55 bits per heavy atom. The molecule has 0 bridgehead atoms. The first kappa shape index (κ1) is 14.9. The minimum Gasteiger partial charge on any atom is -0.496 e. The van der Waals surface area contributed by atoms with Gasteiger partial charge in [-0.15, -0.1) is 0 Å². The van der Waals surface area contributed by atoms with E-state index in [9.17, 15) is 0 Å². The Labute approximate surface area is 120 Å². The molecule has 0 radical (unpaired) electrons. The second kappa shape index (κ2) is 7.29. The average Bonchev–Trinajstić information content (AvgIpc) is 2.73. The van der Waals surface area contributed by atoms with Crippen LogP contribution in [0.2, 0.25) is 0 Å². The van der Waals surface area contributed by atoms with Gasteiger partial charge in [0, 0.05) is 0 Å². The summed E-state index contributed by atoms with van der Waals surface area (Å²) in [5.74, 6) is 0.664. The number of methoxy groups -OCH3 is 1. The zero-order valence-corrected chi connectivity index (χ0v) is 12.2. The summed E-state index contributed by atoms with van der Waals surface area (Å²) in [5.41, 5.74) is 7.22. The highest BCUT2D eigenvalue weighted by Crippen LogP contribution is 2.23. The van der Waals surface area contributed by atoms with Crippen molar-refractivity contribution < 1.29 is 9.47 Å². The van der Waals surface area contributed by atoms with Crippen LogP contribution >= 0.6 is 0 Å². The number of rotatable bonds is 5. The number of nitrogen functional groups attached to an aromatic ring is 1. The van der Waals surface area contributed by atoms with E-state index in [4.69, 9.17) is 20.6 Å². The molecule has 0 unspecified atom stereocenters. The van der Waals surface area contributed by atoms with Crippen LogP contribution in [0.15, 0.2) is 18.2 Å². The molecule has 3 N–H and O–H groups in total. The zero-order valence-electron chi connectivity index (χ0n) is 12.2. The van der Waals surface area contributed by atoms with Gasteiger partial charge in [-0.2, -0.15) is 0 Å². The van der Waals surface area contributed by atoms with E-state index in [2.05, 4.69) is 0 Å². The fourth-order valence-corrected chi connectivity index (χ4v) is 2.67. The number of nitrogens with one attached hydrogen (secondary N) is 1. The van der Waals surface area contributed by atoms with Crippen molar-refractivity contribution in [2.24, 2.45) is 5.73 Å². The Bertz CT molecular complexity index is 452. The van der Waals surface area contributed by atoms with Crippen LogP contribution in [0.5, 0.6) is 5.75 Å². The molecule has 0 atom stereocenters. The van der Waals surface area contributed by atoms with Gasteiger partial charge in [-0.25, -0.2) is 0 Å². The van der Waals surface area contributed by atoms with Gasteiger partial charge in [0.05, 0.1) is 25.4 Å². The summed E-state index contributed by atoms with van der Waals surface area (Å²) < 4.78 is 11.3. The molecule has 1 aromatic carbocycles. The topological polar surface area (TPSA) is 68.3 Å². The van der Waals surface area contributed by atoms with Gasteiger partial charge in [0.25, 0.3) is 0 Å². The molecule has 0 aromatic heterocycles. The molecule has 4 heteroatoms. The number of nitrogens with two attached hydrogens (primary N) is 1. The summed E-state index contributed by atoms with van der Waals surface area (Å²) in [6, 6.07) is 5.69. The predicted molar refractivity (Wildman–Crippen MR) is 80.3 cm³/mol. The normalized spacial score (nSPS) is 16.6. The molecule has 20 heavy (non-hydrogen) atoms. The third-order valence-corrected chi connectivity index (χ3v) is 3.84. The van der Waals surface area contributed by atoms with Crippen molar-refractivity contribution in [1.82, 2.24) is 0 Å². The van der Waals surface area contributed by atoms with Crippen molar-refractivity contribution in [3.8, 4) is 5.75 Å². The molecule has 1 fully saturated rings. The summed E-state index contributed by atoms with van der Waals surface area (Å²) >= 11 is 0. The van der Waals surface area contributed by atoms with E-state index in [0.717, 1.165) is 5.56 Å². The Hall–Kier alpha value is -1.55. The maximum absolute atomic E-state index is 7.50. The number of benzene rings is 1. The first-order valence-corrected chi connectivity index (χ1v) is 7.33. The third-order valence-electron chi connectivity index (χ3n) is 3.84. The van der Waals surface area contributed by atoms with Crippen LogP contribution in [-0.4, -0.2) is 19.0 Å². The highest BCUT2D eigenvalue weighted by Gasteiger charge is 2.13. The van der Waals surface area contributed by atoms with Crippen LogP contribution in [-0.2, 0) is 11.3 Å². The van der Waals surface area contributed by atoms with Gasteiger partial charge in [0.2, 0.25) is 0 Å². The SMILES string of the molecule is COc1cc(COC2CCCCCC2)ccc1C(=N)N. The number of hydrogen-bond acceptors (Lipinski definition) is 3. The van der Waals surface area contributed by atoms with Crippen LogP contribution in [0.4, 0.5) is 0 Å². The van der Waals surface area contributed by atoms with Crippen molar-refractivity contribution in [3.63, 3.8) is 0 Å². The molecule has 0 spiro atoms. The van der Waals surface area contributed by atoms with Gasteiger partial charge in [-0.3, -0.25) is 5.41 Å². The van der Waals surface area contributed by atoms with Crippen LogP contribution < -0.4 is 10.5 Å². The molecule has 1 aliphatic carbocycles. The standard InChI is InChI=1S/C16H24N2O2/c1-19-15-10-12(8-9-14(15)16(17)18)11-20-13-6-4-2-3-5-7-13/h8-10,13H,2-7,11H2,1H3,(H3,17,18). The fraction of sp³-hybridized carbons (Fsp3) is 0.562. The predicted octanol–water partition coefficient (Wildman–Crippen LogP) is 3.22. The van der Waals surface area contributed by atoms with Crippen molar-refractivity contribution in [2.45, 2.75) is 51.2 Å². The Morgan fingerprint density at radius 1 is 1.25 bits per heavy atom. The maximum Gasteiger partial charge on any atom is 0.130 e. The number of amidine groups is 1. The van der Waals surface area contributed by atoms with Crippen LogP contribution in [0.1, 0.15) is 49.7 Å². The molecular formula is C16H24N2O2. The van der Waals surface area contributed by atoms with Crippen LogP contribution in [0, 0.1) is 5.41 Å². The minimum absolute atomic E-state index is 0.0260. The summed E-state index contributed by atoms with van der Waals surface area (Å²) in [7, 11) is 1.59. The van der Waals surface area contributed by atoms with Gasteiger partial charge in [0.1, 0.15) is 11.6 Å². The molecule has 1 aliphatic rings. The van der Waals surface area contributed by atoms with Crippen molar-refractivity contribution in [3.05, 3.63) is 29.3 Å². The summed E-state index contributed by atoms with van der Waals surface area (Å²) in [4.78, 5) is 0.